The number of aliphatic hydroxyl groups excluding tert-OH is 4. The predicted molar refractivity (Wildman–Crippen MR) is 117 cm³/mol. The molecule has 0 unspecified atom stereocenters. The molecule has 0 aliphatic carbocycles. The van der Waals surface area contributed by atoms with E-state index in [1.54, 1.807) is 43.3 Å². The van der Waals surface area contributed by atoms with Crippen molar-refractivity contribution >= 4 is 32.5 Å². The Labute approximate surface area is 185 Å². The molecule has 9 nitrogen and oxygen atoms in total. The Hall–Kier alpha value is -2.34. The van der Waals surface area contributed by atoms with Gasteiger partial charge in [-0.1, -0.05) is 15.9 Å². The number of nitrogens with zero attached hydrogens (tertiary/aromatic N) is 2. The summed E-state index contributed by atoms with van der Waals surface area (Å²) in [5, 5.41) is 42.7. The molecule has 31 heavy (non-hydrogen) atoms. The molecule has 164 valence electrons. The Morgan fingerprint density at radius 2 is 1.81 bits per heavy atom. The van der Waals surface area contributed by atoms with E-state index in [2.05, 4.69) is 26.2 Å². The Morgan fingerprint density at radius 3 is 2.48 bits per heavy atom. The number of rotatable bonds is 4. The molecule has 0 spiro atoms. The lowest BCUT2D eigenvalue weighted by atomic mass is 9.98. The fourth-order valence-corrected chi connectivity index (χ4v) is 4.03. The zero-order chi connectivity index (χ0) is 22.3. The van der Waals surface area contributed by atoms with E-state index in [0.29, 0.717) is 28.1 Å². The molecular weight excluding hydrogens is 470 g/mol. The van der Waals surface area contributed by atoms with Crippen LogP contribution in [0.4, 0.5) is 5.69 Å². The number of ether oxygens (including phenoxy) is 1. The van der Waals surface area contributed by atoms with Crippen LogP contribution in [0.3, 0.4) is 0 Å². The van der Waals surface area contributed by atoms with Gasteiger partial charge in [0.15, 0.2) is 6.23 Å². The summed E-state index contributed by atoms with van der Waals surface area (Å²) in [4.78, 5) is 17.6. The molecule has 5 atom stereocenters. The molecule has 0 radical (unpaired) electrons. The first kappa shape index (κ1) is 21.9. The van der Waals surface area contributed by atoms with Crippen LogP contribution in [-0.2, 0) is 4.74 Å². The van der Waals surface area contributed by atoms with Gasteiger partial charge in [0.1, 0.15) is 30.2 Å². The summed E-state index contributed by atoms with van der Waals surface area (Å²) in [6.07, 6.45) is -6.32. The smallest absolute Gasteiger partial charge is 0.265 e. The lowest BCUT2D eigenvalue weighted by Gasteiger charge is -2.40. The van der Waals surface area contributed by atoms with Gasteiger partial charge in [0.25, 0.3) is 5.56 Å². The van der Waals surface area contributed by atoms with Crippen LogP contribution in [0.2, 0.25) is 0 Å². The van der Waals surface area contributed by atoms with E-state index in [0.717, 1.165) is 4.47 Å². The standard InChI is InChI=1S/C21H22BrN3O6/c1-10-23-15-7-2-11(22)8-14(15)21(30)25(10)13-5-3-12(4-6-13)24-20-19(29)18(28)17(27)16(9-26)31-20/h2-8,16-20,24,26-29H,9H2,1H3/t16-,17+,18+,19+,20+/m0/s1. The highest BCUT2D eigenvalue weighted by atomic mass is 79.9. The fourth-order valence-electron chi connectivity index (χ4n) is 3.66. The van der Waals surface area contributed by atoms with Crippen molar-refractivity contribution in [3.63, 3.8) is 0 Å². The number of hydrogen-bond donors (Lipinski definition) is 5. The molecule has 4 rings (SSSR count). The SMILES string of the molecule is Cc1nc2ccc(Br)cc2c(=O)n1-c1ccc(N[C@@H]2O[C@@H](CO)[C@@H](O)[C@@H](O)[C@H]2O)cc1. The normalized spacial score (nSPS) is 26.2. The second-order valence-electron chi connectivity index (χ2n) is 7.40. The van der Waals surface area contributed by atoms with Crippen molar-refractivity contribution in [1.82, 2.24) is 9.55 Å². The summed E-state index contributed by atoms with van der Waals surface area (Å²) in [7, 11) is 0. The number of fused-ring (bicyclic) bond motifs is 1. The Bertz CT molecular complexity index is 1150. The highest BCUT2D eigenvalue weighted by Gasteiger charge is 2.43. The van der Waals surface area contributed by atoms with Crippen LogP contribution < -0.4 is 10.9 Å². The van der Waals surface area contributed by atoms with Crippen molar-refractivity contribution in [1.29, 1.82) is 0 Å². The summed E-state index contributed by atoms with van der Waals surface area (Å²) in [6, 6.07) is 12.2. The van der Waals surface area contributed by atoms with Crippen LogP contribution in [0.1, 0.15) is 5.82 Å². The minimum Gasteiger partial charge on any atom is -0.394 e. The molecule has 0 amide bonds. The third-order valence-corrected chi connectivity index (χ3v) is 5.82. The molecule has 10 heteroatoms. The van der Waals surface area contributed by atoms with Gasteiger partial charge in [0, 0.05) is 10.2 Å². The van der Waals surface area contributed by atoms with Crippen LogP contribution in [0, 0.1) is 6.92 Å². The highest BCUT2D eigenvalue weighted by molar-refractivity contribution is 9.10. The summed E-state index contributed by atoms with van der Waals surface area (Å²) in [5.41, 5.74) is 1.58. The van der Waals surface area contributed by atoms with E-state index >= 15 is 0 Å². The monoisotopic (exact) mass is 491 g/mol. The lowest BCUT2D eigenvalue weighted by Crippen LogP contribution is -2.60. The zero-order valence-corrected chi connectivity index (χ0v) is 18.1. The summed E-state index contributed by atoms with van der Waals surface area (Å²) in [5.74, 6) is 0.537. The van der Waals surface area contributed by atoms with Crippen LogP contribution >= 0.6 is 15.9 Å². The first-order valence-electron chi connectivity index (χ1n) is 9.66. The number of hydrogen-bond acceptors (Lipinski definition) is 8. The summed E-state index contributed by atoms with van der Waals surface area (Å²) < 4.78 is 7.75. The molecule has 5 N–H and O–H groups in total. The van der Waals surface area contributed by atoms with Gasteiger partial charge < -0.3 is 30.5 Å². The average Bonchev–Trinajstić information content (AvgIpc) is 2.76. The van der Waals surface area contributed by atoms with Crippen LogP contribution in [0.25, 0.3) is 16.6 Å². The maximum absolute atomic E-state index is 13.0. The van der Waals surface area contributed by atoms with Crippen LogP contribution in [-0.4, -0.2) is 67.2 Å². The number of halogens is 1. The number of aromatic nitrogens is 2. The Kier molecular flexibility index (Phi) is 6.11. The molecule has 2 aromatic carbocycles. The second-order valence-corrected chi connectivity index (χ2v) is 8.32. The average molecular weight is 492 g/mol. The highest BCUT2D eigenvalue weighted by Crippen LogP contribution is 2.24. The summed E-state index contributed by atoms with van der Waals surface area (Å²) >= 11 is 3.38. The topological polar surface area (TPSA) is 137 Å². The minimum absolute atomic E-state index is 0.196. The van der Waals surface area contributed by atoms with Gasteiger partial charge >= 0.3 is 0 Å². The third-order valence-electron chi connectivity index (χ3n) is 5.32. The number of aliphatic hydroxyl groups is 4. The number of aryl methyl sites for hydroxylation is 1. The van der Waals surface area contributed by atoms with Crippen LogP contribution in [0.15, 0.2) is 51.7 Å². The van der Waals surface area contributed by atoms with E-state index in [4.69, 9.17) is 4.74 Å². The van der Waals surface area contributed by atoms with Gasteiger partial charge in [0.2, 0.25) is 0 Å². The van der Waals surface area contributed by atoms with E-state index < -0.39 is 37.3 Å². The number of benzene rings is 2. The number of anilines is 1. The maximum atomic E-state index is 13.0. The van der Waals surface area contributed by atoms with E-state index in [1.165, 1.54) is 4.57 Å². The van der Waals surface area contributed by atoms with Crippen molar-refractivity contribution in [3.05, 3.63) is 63.1 Å². The van der Waals surface area contributed by atoms with Crippen molar-refractivity contribution in [3.8, 4) is 5.69 Å². The Morgan fingerprint density at radius 1 is 1.10 bits per heavy atom. The van der Waals surface area contributed by atoms with Gasteiger partial charge in [-0.3, -0.25) is 9.36 Å². The molecule has 1 aromatic heterocycles. The van der Waals surface area contributed by atoms with Gasteiger partial charge in [-0.2, -0.15) is 0 Å². The van der Waals surface area contributed by atoms with Gasteiger partial charge in [-0.05, 0) is 49.4 Å². The molecular formula is C21H22BrN3O6. The van der Waals surface area contributed by atoms with Crippen molar-refractivity contribution in [2.75, 3.05) is 11.9 Å². The quantitative estimate of drug-likeness (QED) is 0.359. The maximum Gasteiger partial charge on any atom is 0.265 e. The molecule has 1 aliphatic rings. The van der Waals surface area contributed by atoms with Gasteiger partial charge in [0.05, 0.1) is 23.2 Å². The van der Waals surface area contributed by atoms with Gasteiger partial charge in [-0.15, -0.1) is 0 Å². The molecule has 3 aromatic rings. The molecule has 2 heterocycles. The van der Waals surface area contributed by atoms with Gasteiger partial charge in [-0.25, -0.2) is 4.98 Å². The minimum atomic E-state index is -1.47. The first-order valence-corrected chi connectivity index (χ1v) is 10.5. The largest absolute Gasteiger partial charge is 0.394 e. The summed E-state index contributed by atoms with van der Waals surface area (Å²) in [6.45, 7) is 1.25. The van der Waals surface area contributed by atoms with Crippen LogP contribution in [0.5, 0.6) is 0 Å². The van der Waals surface area contributed by atoms with E-state index in [9.17, 15) is 25.2 Å². The predicted octanol–water partition coefficient (Wildman–Crippen LogP) is 0.668. The first-order chi connectivity index (χ1) is 14.8. The van der Waals surface area contributed by atoms with Crippen molar-refractivity contribution in [2.24, 2.45) is 0 Å². The lowest BCUT2D eigenvalue weighted by molar-refractivity contribution is -0.221. The molecule has 1 saturated heterocycles. The van der Waals surface area contributed by atoms with Crippen molar-refractivity contribution in [2.45, 2.75) is 37.6 Å². The molecule has 1 aliphatic heterocycles. The fraction of sp³-hybridized carbons (Fsp3) is 0.333. The molecule has 1 fully saturated rings. The Balaban J connectivity index is 1.61. The molecule has 0 bridgehead atoms. The molecule has 0 saturated carbocycles. The van der Waals surface area contributed by atoms with Crippen molar-refractivity contribution < 1.29 is 25.2 Å². The van der Waals surface area contributed by atoms with E-state index in [-0.39, 0.29) is 5.56 Å². The number of nitrogens with one attached hydrogen (secondary N) is 1. The second kappa shape index (κ2) is 8.65. The third kappa shape index (κ3) is 4.10. The zero-order valence-electron chi connectivity index (χ0n) is 16.5. The van der Waals surface area contributed by atoms with E-state index in [1.807, 2.05) is 6.07 Å².